The molecule has 1 amide bonds. The van der Waals surface area contributed by atoms with Gasteiger partial charge in [0.2, 0.25) is 0 Å². The number of rotatable bonds is 8. The van der Waals surface area contributed by atoms with Crippen LogP contribution in [0.5, 0.6) is 5.75 Å². The number of amides is 1. The topological polar surface area (TPSA) is 126 Å². The molecule has 0 fully saturated rings. The van der Waals surface area contributed by atoms with Gasteiger partial charge >= 0.3 is 11.7 Å². The zero-order chi connectivity index (χ0) is 20.8. The highest BCUT2D eigenvalue weighted by Crippen LogP contribution is 2.28. The summed E-state index contributed by atoms with van der Waals surface area (Å²) in [7, 11) is 0. The zero-order valence-electron chi connectivity index (χ0n) is 16.0. The Morgan fingerprint density at radius 1 is 1.29 bits per heavy atom. The van der Waals surface area contributed by atoms with Crippen molar-refractivity contribution in [1.82, 2.24) is 9.78 Å². The van der Waals surface area contributed by atoms with E-state index in [1.807, 2.05) is 13.8 Å². The average Bonchev–Trinajstić information content (AvgIpc) is 3.10. The molecule has 0 saturated heterocycles. The smallest absolute Gasteiger partial charge is 0.339 e. The van der Waals surface area contributed by atoms with Crippen molar-refractivity contribution in [3.63, 3.8) is 0 Å². The number of nitrogens with zero attached hydrogens (tertiary/aromatic N) is 3. The van der Waals surface area contributed by atoms with E-state index >= 15 is 0 Å². The Hall–Kier alpha value is -3.43. The summed E-state index contributed by atoms with van der Waals surface area (Å²) in [4.78, 5) is 35.1. The molecule has 1 atom stereocenters. The molecule has 1 aromatic carbocycles. The van der Waals surface area contributed by atoms with Gasteiger partial charge in [0.25, 0.3) is 5.91 Å². The number of hydrogen-bond donors (Lipinski definition) is 1. The predicted octanol–water partition coefficient (Wildman–Crippen LogP) is 2.95. The number of benzene rings is 1. The number of carbonyl (C=O) groups is 2. The van der Waals surface area contributed by atoms with Crippen molar-refractivity contribution < 1.29 is 24.0 Å². The Balaban J connectivity index is 2.09. The molecule has 150 valence electrons. The molecule has 1 N–H and O–H groups in total. The summed E-state index contributed by atoms with van der Waals surface area (Å²) in [5.41, 5.74) is -0.406. The molecule has 1 heterocycles. The molecule has 28 heavy (non-hydrogen) atoms. The fraction of sp³-hybridized carbons (Fsp3) is 0.389. The third kappa shape index (κ3) is 4.84. The lowest BCUT2D eigenvalue weighted by Gasteiger charge is -2.16. The van der Waals surface area contributed by atoms with Crippen LogP contribution in [0.2, 0.25) is 0 Å². The summed E-state index contributed by atoms with van der Waals surface area (Å²) >= 11 is 0. The highest BCUT2D eigenvalue weighted by Gasteiger charge is 2.23. The van der Waals surface area contributed by atoms with Crippen LogP contribution in [0.15, 0.2) is 30.5 Å². The third-order valence-electron chi connectivity index (χ3n) is 3.75. The molecular formula is C18H22N4O6. The van der Waals surface area contributed by atoms with Gasteiger partial charge in [0.15, 0.2) is 11.9 Å². The van der Waals surface area contributed by atoms with E-state index in [2.05, 4.69) is 10.4 Å². The van der Waals surface area contributed by atoms with E-state index in [0.29, 0.717) is 5.82 Å². The Morgan fingerprint density at radius 3 is 2.61 bits per heavy atom. The van der Waals surface area contributed by atoms with Crippen molar-refractivity contribution in [1.29, 1.82) is 0 Å². The first-order valence-corrected chi connectivity index (χ1v) is 8.71. The summed E-state index contributed by atoms with van der Waals surface area (Å²) in [5, 5.41) is 17.9. The number of esters is 1. The van der Waals surface area contributed by atoms with E-state index in [1.54, 1.807) is 23.9 Å². The Morgan fingerprint density at radius 2 is 2.00 bits per heavy atom. The SMILES string of the molecule is CCOc1ccc(C(=O)O[C@H](C)C(=O)Nc2ccnn2C(C)C)cc1[N+](=O)[O-]. The van der Waals surface area contributed by atoms with Gasteiger partial charge in [-0.2, -0.15) is 5.10 Å². The summed E-state index contributed by atoms with van der Waals surface area (Å²) in [6.45, 7) is 7.16. The van der Waals surface area contributed by atoms with Gasteiger partial charge in [0.1, 0.15) is 5.82 Å². The number of aromatic nitrogens is 2. The fourth-order valence-electron chi connectivity index (χ4n) is 2.40. The van der Waals surface area contributed by atoms with Gasteiger partial charge in [-0.15, -0.1) is 0 Å². The maximum atomic E-state index is 12.3. The number of anilines is 1. The van der Waals surface area contributed by atoms with Crippen molar-refractivity contribution in [3.05, 3.63) is 46.1 Å². The second-order valence-corrected chi connectivity index (χ2v) is 6.16. The lowest BCUT2D eigenvalue weighted by molar-refractivity contribution is -0.385. The first kappa shape index (κ1) is 20.9. The van der Waals surface area contributed by atoms with Crippen molar-refractivity contribution in [2.45, 2.75) is 39.8 Å². The molecule has 0 aliphatic carbocycles. The van der Waals surface area contributed by atoms with Gasteiger partial charge in [-0.3, -0.25) is 14.9 Å². The Kier molecular flexibility index (Phi) is 6.69. The van der Waals surface area contributed by atoms with Crippen LogP contribution < -0.4 is 10.1 Å². The minimum Gasteiger partial charge on any atom is -0.487 e. The van der Waals surface area contributed by atoms with E-state index in [1.165, 1.54) is 19.1 Å². The van der Waals surface area contributed by atoms with E-state index < -0.39 is 22.9 Å². The highest BCUT2D eigenvalue weighted by molar-refractivity contribution is 5.97. The van der Waals surface area contributed by atoms with Gasteiger partial charge in [0, 0.05) is 18.2 Å². The second kappa shape index (κ2) is 8.98. The largest absolute Gasteiger partial charge is 0.487 e. The maximum Gasteiger partial charge on any atom is 0.339 e. The van der Waals surface area contributed by atoms with Crippen molar-refractivity contribution in [2.24, 2.45) is 0 Å². The maximum absolute atomic E-state index is 12.3. The van der Waals surface area contributed by atoms with Crippen molar-refractivity contribution >= 4 is 23.4 Å². The summed E-state index contributed by atoms with van der Waals surface area (Å²) < 4.78 is 11.9. The molecule has 0 saturated carbocycles. The molecule has 2 rings (SSSR count). The molecule has 0 aliphatic rings. The van der Waals surface area contributed by atoms with Gasteiger partial charge in [-0.05, 0) is 39.8 Å². The molecule has 2 aromatic rings. The van der Waals surface area contributed by atoms with Gasteiger partial charge in [0.05, 0.1) is 23.3 Å². The molecule has 1 aromatic heterocycles. The monoisotopic (exact) mass is 390 g/mol. The van der Waals surface area contributed by atoms with Crippen LogP contribution in [0.4, 0.5) is 11.5 Å². The molecule has 0 bridgehead atoms. The Bertz CT molecular complexity index is 877. The first-order valence-electron chi connectivity index (χ1n) is 8.71. The number of nitrogens with one attached hydrogen (secondary N) is 1. The predicted molar refractivity (Wildman–Crippen MR) is 100 cm³/mol. The zero-order valence-corrected chi connectivity index (χ0v) is 16.0. The van der Waals surface area contributed by atoms with Crippen LogP contribution in [0.3, 0.4) is 0 Å². The van der Waals surface area contributed by atoms with Crippen LogP contribution >= 0.6 is 0 Å². The van der Waals surface area contributed by atoms with Crippen LogP contribution in [0, 0.1) is 10.1 Å². The van der Waals surface area contributed by atoms with Gasteiger partial charge in [-0.25, -0.2) is 9.48 Å². The van der Waals surface area contributed by atoms with Crippen LogP contribution in [-0.4, -0.2) is 39.3 Å². The molecule has 0 spiro atoms. The number of hydrogen-bond acceptors (Lipinski definition) is 7. The van der Waals surface area contributed by atoms with Crippen molar-refractivity contribution in [3.8, 4) is 5.75 Å². The summed E-state index contributed by atoms with van der Waals surface area (Å²) in [5.74, 6) is -0.876. The number of nitro benzene ring substituents is 1. The van der Waals surface area contributed by atoms with E-state index in [-0.39, 0.29) is 29.6 Å². The lowest BCUT2D eigenvalue weighted by Crippen LogP contribution is -2.31. The molecule has 10 nitrogen and oxygen atoms in total. The van der Waals surface area contributed by atoms with E-state index in [9.17, 15) is 19.7 Å². The van der Waals surface area contributed by atoms with Gasteiger partial charge < -0.3 is 14.8 Å². The standard InChI is InChI=1S/C18H22N4O6/c1-5-27-15-7-6-13(10-14(15)22(25)26)18(24)28-12(4)17(23)20-16-8-9-19-21(16)11(2)3/h6-12H,5H2,1-4H3,(H,20,23)/t12-/m1/s1. The first-order chi connectivity index (χ1) is 13.2. The second-order valence-electron chi connectivity index (χ2n) is 6.16. The van der Waals surface area contributed by atoms with E-state index in [4.69, 9.17) is 9.47 Å². The minimum atomic E-state index is -1.12. The molecule has 0 aliphatic heterocycles. The van der Waals surface area contributed by atoms with Crippen LogP contribution in [0.25, 0.3) is 0 Å². The summed E-state index contributed by atoms with van der Waals surface area (Å²) in [6.07, 6.45) is 0.430. The quantitative estimate of drug-likeness (QED) is 0.417. The molecule has 0 radical (unpaired) electrons. The average molecular weight is 390 g/mol. The lowest BCUT2D eigenvalue weighted by atomic mass is 10.2. The normalized spacial score (nSPS) is 11.8. The molecule has 10 heteroatoms. The number of nitro groups is 1. The van der Waals surface area contributed by atoms with Crippen molar-refractivity contribution in [2.75, 3.05) is 11.9 Å². The minimum absolute atomic E-state index is 0.0348. The van der Waals surface area contributed by atoms with Gasteiger partial charge in [-0.1, -0.05) is 0 Å². The van der Waals surface area contributed by atoms with Crippen LogP contribution in [0.1, 0.15) is 44.1 Å². The Labute approximate surface area is 161 Å². The highest BCUT2D eigenvalue weighted by atomic mass is 16.6. The summed E-state index contributed by atoms with van der Waals surface area (Å²) in [6, 6.07) is 5.39. The van der Waals surface area contributed by atoms with E-state index in [0.717, 1.165) is 6.07 Å². The third-order valence-corrected chi connectivity index (χ3v) is 3.75. The number of carbonyl (C=O) groups excluding carboxylic acids is 2. The molecular weight excluding hydrogens is 368 g/mol. The van der Waals surface area contributed by atoms with Crippen LogP contribution in [-0.2, 0) is 9.53 Å². The number of ether oxygens (including phenoxy) is 2. The fourth-order valence-corrected chi connectivity index (χ4v) is 2.40. The molecule has 0 unspecified atom stereocenters.